The first-order valence-electron chi connectivity index (χ1n) is 5.13. The quantitative estimate of drug-likeness (QED) is 0.680. The number of carbonyl (C=O) groups excluding carboxylic acids is 1. The maximum atomic E-state index is 11.4. The first kappa shape index (κ1) is 11.7. The average molecular weight is 210 g/mol. The number of rotatable bonds is 5. The van der Waals surface area contributed by atoms with Crippen LogP contribution in [0.15, 0.2) is 6.20 Å². The number of H-pyrrole nitrogens is 1. The minimum atomic E-state index is -0.00417. The van der Waals surface area contributed by atoms with Gasteiger partial charge < -0.3 is 10.6 Å². The molecule has 15 heavy (non-hydrogen) atoms. The lowest BCUT2D eigenvalue weighted by molar-refractivity contribution is -0.116. The maximum absolute atomic E-state index is 11.4. The summed E-state index contributed by atoms with van der Waals surface area (Å²) in [6.45, 7) is 6.69. The first-order valence-corrected chi connectivity index (χ1v) is 5.13. The molecule has 0 saturated carbocycles. The summed E-state index contributed by atoms with van der Waals surface area (Å²) in [6, 6.07) is 0.409. The SMILES string of the molecule is Cc1cn[nH]c1NC(=O)CCNC(C)C. The van der Waals surface area contributed by atoms with E-state index >= 15 is 0 Å². The molecule has 1 aromatic rings. The van der Waals surface area contributed by atoms with Crippen molar-refractivity contribution in [2.45, 2.75) is 33.2 Å². The van der Waals surface area contributed by atoms with Crippen molar-refractivity contribution in [2.24, 2.45) is 0 Å². The minimum Gasteiger partial charge on any atom is -0.314 e. The molecule has 0 aliphatic heterocycles. The van der Waals surface area contributed by atoms with E-state index in [1.807, 2.05) is 6.92 Å². The Morgan fingerprint density at radius 2 is 2.33 bits per heavy atom. The van der Waals surface area contributed by atoms with E-state index in [4.69, 9.17) is 0 Å². The van der Waals surface area contributed by atoms with Crippen LogP contribution < -0.4 is 10.6 Å². The fourth-order valence-electron chi connectivity index (χ4n) is 1.15. The Hall–Kier alpha value is -1.36. The molecule has 1 amide bonds. The lowest BCUT2D eigenvalue weighted by Crippen LogP contribution is -2.27. The Morgan fingerprint density at radius 1 is 1.60 bits per heavy atom. The summed E-state index contributed by atoms with van der Waals surface area (Å²) in [5.74, 6) is 0.681. The van der Waals surface area contributed by atoms with Gasteiger partial charge in [0.25, 0.3) is 0 Å². The first-order chi connectivity index (χ1) is 7.09. The van der Waals surface area contributed by atoms with Crippen LogP contribution in [-0.2, 0) is 4.79 Å². The van der Waals surface area contributed by atoms with Crippen LogP contribution in [0.1, 0.15) is 25.8 Å². The molecule has 0 saturated heterocycles. The van der Waals surface area contributed by atoms with Crippen molar-refractivity contribution >= 4 is 11.7 Å². The number of nitrogens with zero attached hydrogens (tertiary/aromatic N) is 1. The van der Waals surface area contributed by atoms with Gasteiger partial charge in [-0.15, -0.1) is 0 Å². The van der Waals surface area contributed by atoms with E-state index < -0.39 is 0 Å². The molecular formula is C10H18N4O. The number of amides is 1. The molecule has 1 aromatic heterocycles. The van der Waals surface area contributed by atoms with Crippen LogP contribution in [0.3, 0.4) is 0 Å². The summed E-state index contributed by atoms with van der Waals surface area (Å²) in [6.07, 6.45) is 2.15. The summed E-state index contributed by atoms with van der Waals surface area (Å²) >= 11 is 0. The van der Waals surface area contributed by atoms with Crippen molar-refractivity contribution in [3.63, 3.8) is 0 Å². The number of aromatic nitrogens is 2. The molecule has 5 nitrogen and oxygen atoms in total. The molecule has 0 radical (unpaired) electrons. The van der Waals surface area contributed by atoms with Crippen LogP contribution in [0.5, 0.6) is 0 Å². The van der Waals surface area contributed by atoms with E-state index in [0.29, 0.717) is 24.8 Å². The third-order valence-electron chi connectivity index (χ3n) is 2.00. The molecule has 5 heteroatoms. The molecule has 0 fully saturated rings. The lowest BCUT2D eigenvalue weighted by Gasteiger charge is -2.07. The smallest absolute Gasteiger partial charge is 0.226 e. The van der Waals surface area contributed by atoms with Gasteiger partial charge in [-0.05, 0) is 6.92 Å². The van der Waals surface area contributed by atoms with E-state index in [0.717, 1.165) is 5.56 Å². The van der Waals surface area contributed by atoms with E-state index in [1.54, 1.807) is 6.20 Å². The summed E-state index contributed by atoms with van der Waals surface area (Å²) in [5, 5.41) is 12.5. The van der Waals surface area contributed by atoms with Crippen molar-refractivity contribution in [2.75, 3.05) is 11.9 Å². The van der Waals surface area contributed by atoms with Crippen LogP contribution in [0, 0.1) is 6.92 Å². The van der Waals surface area contributed by atoms with E-state index in [1.165, 1.54) is 0 Å². The molecule has 1 heterocycles. The fraction of sp³-hybridized carbons (Fsp3) is 0.600. The second kappa shape index (κ2) is 5.50. The van der Waals surface area contributed by atoms with Gasteiger partial charge in [0.2, 0.25) is 5.91 Å². The van der Waals surface area contributed by atoms with Crippen LogP contribution in [0.2, 0.25) is 0 Å². The minimum absolute atomic E-state index is 0.00417. The number of hydrogen-bond donors (Lipinski definition) is 3. The van der Waals surface area contributed by atoms with Crippen molar-refractivity contribution in [1.29, 1.82) is 0 Å². The number of carbonyl (C=O) groups is 1. The van der Waals surface area contributed by atoms with Crippen molar-refractivity contribution in [3.8, 4) is 0 Å². The number of hydrogen-bond acceptors (Lipinski definition) is 3. The van der Waals surface area contributed by atoms with Crippen molar-refractivity contribution in [3.05, 3.63) is 11.8 Å². The third-order valence-corrected chi connectivity index (χ3v) is 2.00. The zero-order valence-electron chi connectivity index (χ0n) is 9.42. The molecule has 0 aliphatic carbocycles. The van der Waals surface area contributed by atoms with E-state index in [2.05, 4.69) is 34.7 Å². The Morgan fingerprint density at radius 3 is 2.87 bits per heavy atom. The molecule has 0 atom stereocenters. The maximum Gasteiger partial charge on any atom is 0.226 e. The van der Waals surface area contributed by atoms with Gasteiger partial charge in [0.05, 0.1) is 6.20 Å². The predicted octanol–water partition coefficient (Wildman–Crippen LogP) is 1.04. The Balaban J connectivity index is 2.28. The van der Waals surface area contributed by atoms with Gasteiger partial charge in [-0.2, -0.15) is 5.10 Å². The number of anilines is 1. The van der Waals surface area contributed by atoms with Gasteiger partial charge in [0.1, 0.15) is 5.82 Å². The molecule has 1 rings (SSSR count). The average Bonchev–Trinajstić information content (AvgIpc) is 2.51. The van der Waals surface area contributed by atoms with Crippen molar-refractivity contribution in [1.82, 2.24) is 15.5 Å². The highest BCUT2D eigenvalue weighted by Crippen LogP contribution is 2.08. The Labute approximate surface area is 89.6 Å². The molecule has 3 N–H and O–H groups in total. The zero-order chi connectivity index (χ0) is 11.3. The zero-order valence-corrected chi connectivity index (χ0v) is 9.42. The molecule has 0 aliphatic rings. The third kappa shape index (κ3) is 4.12. The van der Waals surface area contributed by atoms with Gasteiger partial charge in [-0.25, -0.2) is 0 Å². The summed E-state index contributed by atoms with van der Waals surface area (Å²) in [5.41, 5.74) is 0.945. The van der Waals surface area contributed by atoms with Crippen LogP contribution in [-0.4, -0.2) is 28.7 Å². The number of aryl methyl sites for hydroxylation is 1. The largest absolute Gasteiger partial charge is 0.314 e. The Bertz CT molecular complexity index is 319. The summed E-state index contributed by atoms with van der Waals surface area (Å²) in [7, 11) is 0. The molecule has 0 spiro atoms. The van der Waals surface area contributed by atoms with Crippen LogP contribution in [0.4, 0.5) is 5.82 Å². The highest BCUT2D eigenvalue weighted by molar-refractivity contribution is 5.90. The van der Waals surface area contributed by atoms with Gasteiger partial charge in [-0.3, -0.25) is 9.89 Å². The fourth-order valence-corrected chi connectivity index (χ4v) is 1.15. The normalized spacial score (nSPS) is 10.7. The predicted molar refractivity (Wildman–Crippen MR) is 59.7 cm³/mol. The molecule has 84 valence electrons. The highest BCUT2D eigenvalue weighted by atomic mass is 16.1. The van der Waals surface area contributed by atoms with Gasteiger partial charge in [0, 0.05) is 24.6 Å². The Kier molecular flexibility index (Phi) is 4.30. The van der Waals surface area contributed by atoms with Gasteiger partial charge in [0.15, 0.2) is 0 Å². The second-order valence-corrected chi connectivity index (χ2v) is 3.84. The number of nitrogens with one attached hydrogen (secondary N) is 3. The second-order valence-electron chi connectivity index (χ2n) is 3.84. The lowest BCUT2D eigenvalue weighted by atomic mass is 10.3. The molecule has 0 aromatic carbocycles. The topological polar surface area (TPSA) is 69.8 Å². The number of aromatic amines is 1. The molecule has 0 bridgehead atoms. The highest BCUT2D eigenvalue weighted by Gasteiger charge is 2.05. The van der Waals surface area contributed by atoms with Crippen LogP contribution >= 0.6 is 0 Å². The molecular weight excluding hydrogens is 192 g/mol. The van der Waals surface area contributed by atoms with Crippen LogP contribution in [0.25, 0.3) is 0 Å². The van der Waals surface area contributed by atoms with E-state index in [-0.39, 0.29) is 5.91 Å². The standard InChI is InChI=1S/C10H18N4O/c1-7(2)11-5-4-9(15)13-10-8(3)6-12-14-10/h6-7,11H,4-5H2,1-3H3,(H2,12,13,14,15). The van der Waals surface area contributed by atoms with E-state index in [9.17, 15) is 4.79 Å². The monoisotopic (exact) mass is 210 g/mol. The summed E-state index contributed by atoms with van der Waals surface area (Å²) < 4.78 is 0. The van der Waals surface area contributed by atoms with Gasteiger partial charge in [-0.1, -0.05) is 13.8 Å². The summed E-state index contributed by atoms with van der Waals surface area (Å²) in [4.78, 5) is 11.4. The molecule has 0 unspecified atom stereocenters. The van der Waals surface area contributed by atoms with Crippen molar-refractivity contribution < 1.29 is 4.79 Å². The van der Waals surface area contributed by atoms with Gasteiger partial charge >= 0.3 is 0 Å².